The first-order valence-corrected chi connectivity index (χ1v) is 0.954. The fourth-order valence-corrected chi connectivity index (χ4v) is 0. The van der Waals surface area contributed by atoms with Crippen molar-refractivity contribution < 1.29 is 17.4 Å². The molecule has 5 heavy (non-hydrogen) atoms. The first-order chi connectivity index (χ1) is 6.31. The van der Waals surface area contributed by atoms with Gasteiger partial charge in [-0.15, -0.1) is 0 Å². The van der Waals surface area contributed by atoms with Crippen molar-refractivity contribution in [3.8, 4) is 0 Å². The first kappa shape index (κ1) is 0.399. The second-order valence-electron chi connectivity index (χ2n) is 0.681. The largest absolute Gasteiger partial charge is 0.391 e. The second kappa shape index (κ2) is 0.977. The fraction of sp³-hybridized carbons (Fsp3) is 1.00. The highest BCUT2D eigenvalue weighted by Crippen LogP contribution is 1.93. The van der Waals surface area contributed by atoms with Crippen LogP contribution in [0.1, 0.15) is 32.9 Å². The molecule has 0 heterocycles. The summed E-state index contributed by atoms with van der Waals surface area (Å²) in [6.45, 7) is -10.4. The van der Waals surface area contributed by atoms with Gasteiger partial charge in [0.15, 0.2) is 0 Å². The SMILES string of the molecule is [2H]OC(C([2H])([2H])[2H])(C([2H])([2H])[2H])C([2H])([2H])[2H]. The lowest BCUT2D eigenvalue weighted by Crippen LogP contribution is -2.10. The second-order valence-corrected chi connectivity index (χ2v) is 0.681. The summed E-state index contributed by atoms with van der Waals surface area (Å²) in [7, 11) is 0. The third-order valence-electron chi connectivity index (χ3n) is 0. The molecule has 0 bridgehead atoms. The van der Waals surface area contributed by atoms with Crippen molar-refractivity contribution >= 4 is 0 Å². The van der Waals surface area contributed by atoms with Crippen molar-refractivity contribution in [3.05, 3.63) is 0 Å². The molecule has 1 nitrogen and oxygen atoms in total. The van der Waals surface area contributed by atoms with Gasteiger partial charge in [-0.25, -0.2) is 0 Å². The molecule has 0 saturated heterocycles. The van der Waals surface area contributed by atoms with Crippen LogP contribution in [-0.4, -0.2) is 12.1 Å². The van der Waals surface area contributed by atoms with Gasteiger partial charge >= 0.3 is 0 Å². The van der Waals surface area contributed by atoms with Crippen LogP contribution in [0.15, 0.2) is 0 Å². The highest BCUT2D eigenvalue weighted by atomic mass is 16.3. The lowest BCUT2D eigenvalue weighted by atomic mass is 10.2. The van der Waals surface area contributed by atoms with E-state index < -0.39 is 26.2 Å². The van der Waals surface area contributed by atoms with E-state index in [1.54, 1.807) is 0 Å². The maximum atomic E-state index is 6.92. The zero-order valence-electron chi connectivity index (χ0n) is 12.4. The molecule has 0 saturated carbocycles. The van der Waals surface area contributed by atoms with Gasteiger partial charge in [-0.3, -0.25) is 0 Å². The summed E-state index contributed by atoms with van der Waals surface area (Å²) in [4.78, 5) is 0. The Hall–Kier alpha value is -0.0400. The fourth-order valence-electron chi connectivity index (χ4n) is 0. The zero-order valence-corrected chi connectivity index (χ0v) is 2.41. The molecule has 1 heteroatoms. The zero-order chi connectivity index (χ0) is 12.7. The van der Waals surface area contributed by atoms with Crippen LogP contribution in [0.2, 0.25) is 0 Å². The average Bonchev–Trinajstić information content (AvgIpc) is 1.76. The van der Waals surface area contributed by atoms with Crippen LogP contribution in [0.5, 0.6) is 0 Å². The van der Waals surface area contributed by atoms with E-state index in [1.165, 1.54) is 0 Å². The molecule has 1 N–H and O–H groups in total. The molecule has 0 amide bonds. The standard InChI is InChI=1S/C4H10O/c1-4(2,3)5/h5H,1-3H3/i1D3,2D3,3D3,5D. The monoisotopic (exact) mass is 84.1 g/mol. The van der Waals surface area contributed by atoms with Crippen molar-refractivity contribution in [3.63, 3.8) is 0 Å². The van der Waals surface area contributed by atoms with Gasteiger partial charge < -0.3 is 5.11 Å². The number of hydrogen-bond acceptors (Lipinski definition) is 1. The Kier molecular flexibility index (Phi) is 0.0780. The van der Waals surface area contributed by atoms with E-state index in [0.717, 1.165) is 0 Å². The van der Waals surface area contributed by atoms with E-state index in [0.29, 0.717) is 0 Å². The Morgan fingerprint density at radius 3 is 2.40 bits per heavy atom. The normalized spacial score (nSPS) is 48.8. The highest BCUT2D eigenvalue weighted by Gasteiger charge is 1.97. The van der Waals surface area contributed by atoms with Crippen molar-refractivity contribution in [1.82, 2.24) is 0 Å². The Balaban J connectivity index is 5.78. The first-order valence-electron chi connectivity index (χ1n) is 5.86. The summed E-state index contributed by atoms with van der Waals surface area (Å²) in [6.07, 6.45) is 0. The molecule has 0 aliphatic carbocycles. The van der Waals surface area contributed by atoms with E-state index in [-0.39, 0.29) is 0 Å². The average molecular weight is 84.2 g/mol. The van der Waals surface area contributed by atoms with E-state index in [4.69, 9.17) is 13.8 Å². The maximum absolute atomic E-state index is 6.92. The Labute approximate surface area is 46.8 Å². The van der Waals surface area contributed by atoms with Crippen molar-refractivity contribution in [2.24, 2.45) is 0 Å². The topological polar surface area (TPSA) is 20.2 Å². The van der Waals surface area contributed by atoms with Crippen LogP contribution >= 0.6 is 0 Å². The highest BCUT2D eigenvalue weighted by molar-refractivity contribution is 4.50. The maximum Gasteiger partial charge on any atom is 0.211 e. The molecule has 0 aromatic rings. The van der Waals surface area contributed by atoms with Crippen molar-refractivity contribution in [1.29, 1.82) is 1.43 Å². The summed E-state index contributed by atoms with van der Waals surface area (Å²) in [5.41, 5.74) is -3.48. The van der Waals surface area contributed by atoms with E-state index >= 15 is 0 Å². The summed E-state index contributed by atoms with van der Waals surface area (Å²) >= 11 is 0. The molecule has 0 spiro atoms. The van der Waals surface area contributed by atoms with Crippen molar-refractivity contribution in [2.45, 2.75) is 26.2 Å². The van der Waals surface area contributed by atoms with Gasteiger partial charge in [0.25, 0.3) is 0 Å². The number of rotatable bonds is 0. The van der Waals surface area contributed by atoms with E-state index in [1.807, 2.05) is 0 Å². The summed E-state index contributed by atoms with van der Waals surface area (Å²) < 4.78 is 68.7. The summed E-state index contributed by atoms with van der Waals surface area (Å²) in [6, 6.07) is 0. The quantitative estimate of drug-likeness (QED) is 0.460. The Morgan fingerprint density at radius 1 is 1.80 bits per heavy atom. The predicted molar refractivity (Wildman–Crippen MR) is 22.0 cm³/mol. The van der Waals surface area contributed by atoms with Gasteiger partial charge in [0.1, 0.15) is 0 Å². The van der Waals surface area contributed by atoms with Crippen LogP contribution in [0.4, 0.5) is 0 Å². The molecule has 0 aromatic carbocycles. The van der Waals surface area contributed by atoms with Gasteiger partial charge in [-0.2, -0.15) is 0 Å². The molecule has 0 atom stereocenters. The molecule has 0 aliphatic rings. The van der Waals surface area contributed by atoms with Crippen LogP contribution in [0.3, 0.4) is 0 Å². The molecular weight excluding hydrogens is 64.0 g/mol. The van der Waals surface area contributed by atoms with Gasteiger partial charge in [0, 0.05) is 12.3 Å². The van der Waals surface area contributed by atoms with Gasteiger partial charge in [-0.05, 0) is 20.6 Å². The minimum atomic E-state index is -3.48. The van der Waals surface area contributed by atoms with Gasteiger partial charge in [-0.1, -0.05) is 0 Å². The molecule has 32 valence electrons. The van der Waals surface area contributed by atoms with Gasteiger partial charge in [0.2, 0.25) is 1.43 Å². The number of aliphatic hydroxyl groups is 1. The number of hydrogen-bond donors (Lipinski definition) is 1. The van der Waals surface area contributed by atoms with Crippen LogP contribution in [0, 0.1) is 0 Å². The summed E-state index contributed by atoms with van der Waals surface area (Å²) in [5, 5.41) is 3.59. The van der Waals surface area contributed by atoms with E-state index in [2.05, 4.69) is 5.11 Å². The minimum absolute atomic E-state index is 3.45. The molecular formula is C4H10O. The summed E-state index contributed by atoms with van der Waals surface area (Å²) in [5.74, 6) is 0. The molecule has 0 rings (SSSR count). The third kappa shape index (κ3) is 9510. The van der Waals surface area contributed by atoms with E-state index in [9.17, 15) is 0 Å². The molecule has 0 aromatic heterocycles. The molecule has 0 radical (unpaired) electrons. The molecule has 0 aliphatic heterocycles. The predicted octanol–water partition coefficient (Wildman–Crippen LogP) is 0.777. The third-order valence-corrected chi connectivity index (χ3v) is 0. The Morgan fingerprint density at radius 2 is 2.40 bits per heavy atom. The van der Waals surface area contributed by atoms with Crippen LogP contribution in [0.25, 0.3) is 0 Å². The van der Waals surface area contributed by atoms with Crippen molar-refractivity contribution in [2.75, 3.05) is 0 Å². The minimum Gasteiger partial charge on any atom is -0.391 e. The van der Waals surface area contributed by atoms with Crippen LogP contribution < -0.4 is 0 Å². The lowest BCUT2D eigenvalue weighted by molar-refractivity contribution is 0.102. The van der Waals surface area contributed by atoms with Crippen LogP contribution in [-0.2, 0) is 0 Å². The molecule has 0 fully saturated rings. The lowest BCUT2D eigenvalue weighted by Gasteiger charge is -2.04. The Bertz CT molecular complexity index is 183. The van der Waals surface area contributed by atoms with Gasteiger partial charge in [0.05, 0.1) is 5.60 Å². The smallest absolute Gasteiger partial charge is 0.211 e. The molecule has 0 unspecified atom stereocenters.